The summed E-state index contributed by atoms with van der Waals surface area (Å²) in [6, 6.07) is 15.7. The van der Waals surface area contributed by atoms with E-state index >= 15 is 0 Å². The molecular weight excluding hydrogens is 338 g/mol. The van der Waals surface area contributed by atoms with Gasteiger partial charge < -0.3 is 5.11 Å². The van der Waals surface area contributed by atoms with Gasteiger partial charge in [-0.3, -0.25) is 0 Å². The third-order valence-electron chi connectivity index (χ3n) is 3.45. The van der Waals surface area contributed by atoms with Crippen LogP contribution in [0.3, 0.4) is 0 Å². The van der Waals surface area contributed by atoms with Gasteiger partial charge in [0.1, 0.15) is 6.10 Å². The summed E-state index contributed by atoms with van der Waals surface area (Å²) in [4.78, 5) is 0. The Hall–Kier alpha value is -1.78. The molecule has 0 aliphatic carbocycles. The van der Waals surface area contributed by atoms with Gasteiger partial charge in [-0.25, -0.2) is 8.78 Å². The molecule has 1 nitrogen and oxygen atoms in total. The van der Waals surface area contributed by atoms with Crippen molar-refractivity contribution in [3.8, 4) is 0 Å². The predicted octanol–water partition coefficient (Wildman–Crippen LogP) is 4.96. The van der Waals surface area contributed by atoms with E-state index in [9.17, 15) is 13.9 Å². The van der Waals surface area contributed by atoms with Gasteiger partial charge in [0.05, 0.1) is 4.47 Å². The van der Waals surface area contributed by atoms with Gasteiger partial charge in [0, 0.05) is 5.56 Å². The van der Waals surface area contributed by atoms with Gasteiger partial charge in [0.25, 0.3) is 0 Å². The first-order valence-corrected chi connectivity index (χ1v) is 7.17. The highest BCUT2D eigenvalue weighted by atomic mass is 79.9. The Morgan fingerprint density at radius 3 is 2.38 bits per heavy atom. The predicted molar refractivity (Wildman–Crippen MR) is 82.1 cm³/mol. The van der Waals surface area contributed by atoms with Crippen molar-refractivity contribution in [3.05, 3.63) is 81.8 Å². The standard InChI is InChI=1S/C17H11BrF2O/c18-15-13(7-8-14(19)16(15)20)17(21)12-6-5-10-3-1-2-4-11(10)9-12/h1-9,17,21H. The Morgan fingerprint density at radius 2 is 1.62 bits per heavy atom. The molecule has 0 spiro atoms. The lowest BCUT2D eigenvalue weighted by Gasteiger charge is -2.14. The highest BCUT2D eigenvalue weighted by Gasteiger charge is 2.18. The number of aliphatic hydroxyl groups excluding tert-OH is 1. The quantitative estimate of drug-likeness (QED) is 0.648. The lowest BCUT2D eigenvalue weighted by atomic mass is 9.98. The summed E-state index contributed by atoms with van der Waals surface area (Å²) >= 11 is 3.00. The SMILES string of the molecule is OC(c1ccc2ccccc2c1)c1ccc(F)c(F)c1Br. The van der Waals surface area contributed by atoms with Crippen LogP contribution in [0.25, 0.3) is 10.8 Å². The third kappa shape index (κ3) is 2.57. The number of hydrogen-bond acceptors (Lipinski definition) is 1. The molecule has 21 heavy (non-hydrogen) atoms. The topological polar surface area (TPSA) is 20.2 Å². The minimum absolute atomic E-state index is 0.0526. The summed E-state index contributed by atoms with van der Waals surface area (Å²) in [7, 11) is 0. The van der Waals surface area contributed by atoms with Crippen LogP contribution in [0.15, 0.2) is 59.1 Å². The zero-order valence-electron chi connectivity index (χ0n) is 10.9. The van der Waals surface area contributed by atoms with E-state index < -0.39 is 17.7 Å². The van der Waals surface area contributed by atoms with E-state index in [4.69, 9.17) is 0 Å². The smallest absolute Gasteiger partial charge is 0.173 e. The maximum Gasteiger partial charge on any atom is 0.173 e. The molecule has 0 amide bonds. The highest BCUT2D eigenvalue weighted by Crippen LogP contribution is 2.32. The van der Waals surface area contributed by atoms with Gasteiger partial charge in [-0.05, 0) is 44.4 Å². The molecule has 4 heteroatoms. The first-order valence-electron chi connectivity index (χ1n) is 6.38. The zero-order valence-corrected chi connectivity index (χ0v) is 12.4. The molecule has 0 radical (unpaired) electrons. The zero-order chi connectivity index (χ0) is 15.0. The molecule has 0 saturated heterocycles. The second kappa shape index (κ2) is 5.54. The largest absolute Gasteiger partial charge is 0.384 e. The van der Waals surface area contributed by atoms with Crippen molar-refractivity contribution in [1.29, 1.82) is 0 Å². The van der Waals surface area contributed by atoms with Crippen LogP contribution in [0.5, 0.6) is 0 Å². The van der Waals surface area contributed by atoms with Crippen LogP contribution >= 0.6 is 15.9 Å². The molecule has 0 fully saturated rings. The van der Waals surface area contributed by atoms with Gasteiger partial charge in [0.2, 0.25) is 0 Å². The summed E-state index contributed by atoms with van der Waals surface area (Å²) in [6.45, 7) is 0. The number of aliphatic hydroxyl groups is 1. The molecule has 0 aromatic heterocycles. The fourth-order valence-electron chi connectivity index (χ4n) is 2.31. The van der Waals surface area contributed by atoms with Crippen LogP contribution in [-0.4, -0.2) is 5.11 Å². The molecule has 3 aromatic carbocycles. The van der Waals surface area contributed by atoms with Crippen molar-refractivity contribution in [3.63, 3.8) is 0 Å². The maximum atomic E-state index is 13.6. The van der Waals surface area contributed by atoms with E-state index in [0.29, 0.717) is 11.1 Å². The van der Waals surface area contributed by atoms with Crippen molar-refractivity contribution < 1.29 is 13.9 Å². The molecule has 0 saturated carbocycles. The molecule has 0 heterocycles. The second-order valence-electron chi connectivity index (χ2n) is 4.77. The first kappa shape index (κ1) is 14.2. The van der Waals surface area contributed by atoms with Gasteiger partial charge >= 0.3 is 0 Å². The van der Waals surface area contributed by atoms with Crippen molar-refractivity contribution >= 4 is 26.7 Å². The Morgan fingerprint density at radius 1 is 0.905 bits per heavy atom. The monoisotopic (exact) mass is 348 g/mol. The molecule has 0 bridgehead atoms. The highest BCUT2D eigenvalue weighted by molar-refractivity contribution is 9.10. The minimum Gasteiger partial charge on any atom is -0.384 e. The number of halogens is 3. The average Bonchev–Trinajstić information content (AvgIpc) is 2.52. The van der Waals surface area contributed by atoms with Crippen molar-refractivity contribution in [1.82, 2.24) is 0 Å². The molecule has 0 aliphatic rings. The molecule has 0 aliphatic heterocycles. The number of hydrogen-bond donors (Lipinski definition) is 1. The molecule has 3 rings (SSSR count). The summed E-state index contributed by atoms with van der Waals surface area (Å²) in [5.41, 5.74) is 0.921. The maximum absolute atomic E-state index is 13.6. The van der Waals surface area contributed by atoms with Crippen molar-refractivity contribution in [2.45, 2.75) is 6.10 Å². The van der Waals surface area contributed by atoms with Crippen molar-refractivity contribution in [2.24, 2.45) is 0 Å². The van der Waals surface area contributed by atoms with E-state index in [-0.39, 0.29) is 4.47 Å². The van der Waals surface area contributed by atoms with E-state index in [0.717, 1.165) is 16.8 Å². The summed E-state index contributed by atoms with van der Waals surface area (Å²) < 4.78 is 26.7. The molecule has 3 aromatic rings. The number of rotatable bonds is 2. The van der Waals surface area contributed by atoms with E-state index in [2.05, 4.69) is 15.9 Å². The van der Waals surface area contributed by atoms with Crippen LogP contribution in [0.1, 0.15) is 17.2 Å². The van der Waals surface area contributed by atoms with E-state index in [1.807, 2.05) is 36.4 Å². The normalized spacial score (nSPS) is 12.6. The van der Waals surface area contributed by atoms with Gasteiger partial charge in [-0.1, -0.05) is 42.5 Å². The molecule has 1 unspecified atom stereocenters. The Balaban J connectivity index is 2.08. The number of benzene rings is 3. The minimum atomic E-state index is -1.03. The fourth-order valence-corrected chi connectivity index (χ4v) is 2.85. The summed E-state index contributed by atoms with van der Waals surface area (Å²) in [6.07, 6.45) is -1.03. The summed E-state index contributed by atoms with van der Waals surface area (Å²) in [5.74, 6) is -1.94. The van der Waals surface area contributed by atoms with E-state index in [1.54, 1.807) is 6.07 Å². The van der Waals surface area contributed by atoms with E-state index in [1.165, 1.54) is 6.07 Å². The van der Waals surface area contributed by atoms with Gasteiger partial charge in [-0.2, -0.15) is 0 Å². The molecule has 1 atom stereocenters. The Bertz CT molecular complexity index is 817. The molecule has 1 N–H and O–H groups in total. The van der Waals surface area contributed by atoms with Crippen LogP contribution in [0.4, 0.5) is 8.78 Å². The fraction of sp³-hybridized carbons (Fsp3) is 0.0588. The Kier molecular flexibility index (Phi) is 3.74. The summed E-state index contributed by atoms with van der Waals surface area (Å²) in [5, 5.41) is 12.5. The lowest BCUT2D eigenvalue weighted by molar-refractivity contribution is 0.218. The van der Waals surface area contributed by atoms with Crippen molar-refractivity contribution in [2.75, 3.05) is 0 Å². The average molecular weight is 349 g/mol. The van der Waals surface area contributed by atoms with Crippen LogP contribution < -0.4 is 0 Å². The first-order chi connectivity index (χ1) is 10.1. The van der Waals surface area contributed by atoms with Crippen LogP contribution in [-0.2, 0) is 0 Å². The number of fused-ring (bicyclic) bond motifs is 1. The second-order valence-corrected chi connectivity index (χ2v) is 5.57. The molecular formula is C17H11BrF2O. The van der Waals surface area contributed by atoms with Crippen LogP contribution in [0.2, 0.25) is 0 Å². The third-order valence-corrected chi connectivity index (χ3v) is 4.25. The lowest BCUT2D eigenvalue weighted by Crippen LogP contribution is -2.03. The Labute approximate surface area is 129 Å². The van der Waals surface area contributed by atoms with Gasteiger partial charge in [0.15, 0.2) is 11.6 Å². The molecule has 106 valence electrons. The van der Waals surface area contributed by atoms with Gasteiger partial charge in [-0.15, -0.1) is 0 Å². The van der Waals surface area contributed by atoms with Crippen LogP contribution in [0, 0.1) is 11.6 Å².